The smallest absolute Gasteiger partial charge is 0.243 e. The second kappa shape index (κ2) is 5.07. The first-order valence-corrected chi connectivity index (χ1v) is 6.61. The monoisotopic (exact) mass is 248 g/mol. The van der Waals surface area contributed by atoms with E-state index in [2.05, 4.69) is 9.71 Å². The fourth-order valence-corrected chi connectivity index (χ4v) is 2.32. The molecule has 4 nitrogen and oxygen atoms in total. The fourth-order valence-electron chi connectivity index (χ4n) is 1.35. The number of pyridine rings is 1. The van der Waals surface area contributed by atoms with Crippen LogP contribution in [0.15, 0.2) is 59.8 Å². The van der Waals surface area contributed by atoms with Crippen molar-refractivity contribution in [3.63, 3.8) is 0 Å². The lowest BCUT2D eigenvalue weighted by atomic mass is 10.2. The van der Waals surface area contributed by atoms with Gasteiger partial charge < -0.3 is 0 Å². The Morgan fingerprint density at radius 2 is 1.71 bits per heavy atom. The molecule has 2 aromatic rings. The average Bonchev–Trinajstić information content (AvgIpc) is 2.39. The van der Waals surface area contributed by atoms with E-state index in [1.165, 1.54) is 12.3 Å². The van der Waals surface area contributed by atoms with E-state index in [9.17, 15) is 8.42 Å². The molecule has 0 bridgehead atoms. The summed E-state index contributed by atoms with van der Waals surface area (Å²) in [5.41, 5.74) is 0.909. The van der Waals surface area contributed by atoms with Crippen LogP contribution >= 0.6 is 0 Å². The van der Waals surface area contributed by atoms with Crippen LogP contribution in [0.3, 0.4) is 0 Å². The number of hydrogen-bond donors (Lipinski definition) is 1. The normalized spacial score (nSPS) is 11.3. The van der Waals surface area contributed by atoms with Gasteiger partial charge in [0.2, 0.25) is 0 Å². The van der Waals surface area contributed by atoms with Gasteiger partial charge in [0, 0.05) is 12.7 Å². The van der Waals surface area contributed by atoms with E-state index < -0.39 is 10.0 Å². The van der Waals surface area contributed by atoms with Crippen LogP contribution in [0.4, 0.5) is 0 Å². The first kappa shape index (κ1) is 11.8. The lowest BCUT2D eigenvalue weighted by molar-refractivity contribution is 0.577. The Hall–Kier alpha value is -1.72. The minimum Gasteiger partial charge on any atom is -0.243 e. The number of benzene rings is 1. The van der Waals surface area contributed by atoms with Crippen LogP contribution in [0.5, 0.6) is 0 Å². The van der Waals surface area contributed by atoms with Crippen molar-refractivity contribution in [2.75, 3.05) is 0 Å². The van der Waals surface area contributed by atoms with Crippen molar-refractivity contribution in [1.29, 1.82) is 0 Å². The van der Waals surface area contributed by atoms with Crippen molar-refractivity contribution < 1.29 is 8.42 Å². The third-order valence-electron chi connectivity index (χ3n) is 2.22. The highest BCUT2D eigenvalue weighted by atomic mass is 32.2. The third kappa shape index (κ3) is 3.12. The van der Waals surface area contributed by atoms with Gasteiger partial charge in [-0.1, -0.05) is 36.4 Å². The maximum absolute atomic E-state index is 11.8. The molecule has 0 saturated carbocycles. The molecule has 2 rings (SSSR count). The molecule has 0 amide bonds. The van der Waals surface area contributed by atoms with Gasteiger partial charge in [0.1, 0.15) is 0 Å². The first-order valence-electron chi connectivity index (χ1n) is 5.13. The minimum atomic E-state index is -3.52. The summed E-state index contributed by atoms with van der Waals surface area (Å²) in [5, 5.41) is 0.0379. The number of hydrogen-bond acceptors (Lipinski definition) is 3. The highest BCUT2D eigenvalue weighted by Crippen LogP contribution is 2.05. The molecule has 1 heterocycles. The van der Waals surface area contributed by atoms with Crippen LogP contribution in [0, 0.1) is 0 Å². The van der Waals surface area contributed by atoms with E-state index in [-0.39, 0.29) is 11.6 Å². The number of nitrogens with zero attached hydrogens (tertiary/aromatic N) is 1. The summed E-state index contributed by atoms with van der Waals surface area (Å²) in [5.74, 6) is 0. The SMILES string of the molecule is O=S(=O)(NCc1ccccc1)c1ccccn1. The first-order chi connectivity index (χ1) is 8.18. The Morgan fingerprint density at radius 3 is 2.35 bits per heavy atom. The lowest BCUT2D eigenvalue weighted by Crippen LogP contribution is -2.23. The predicted molar refractivity (Wildman–Crippen MR) is 64.7 cm³/mol. The van der Waals surface area contributed by atoms with Crippen LogP contribution in [0.1, 0.15) is 5.56 Å². The van der Waals surface area contributed by atoms with Gasteiger partial charge in [-0.15, -0.1) is 0 Å². The van der Waals surface area contributed by atoms with Crippen molar-refractivity contribution in [3.05, 3.63) is 60.3 Å². The van der Waals surface area contributed by atoms with Crippen LogP contribution in [-0.2, 0) is 16.6 Å². The molecule has 0 unspecified atom stereocenters. The number of sulfonamides is 1. The topological polar surface area (TPSA) is 59.1 Å². The Kier molecular flexibility index (Phi) is 3.51. The second-order valence-electron chi connectivity index (χ2n) is 3.48. The maximum Gasteiger partial charge on any atom is 0.258 e. The lowest BCUT2D eigenvalue weighted by Gasteiger charge is -2.05. The van der Waals surface area contributed by atoms with Crippen LogP contribution in [0.25, 0.3) is 0 Å². The molecular weight excluding hydrogens is 236 g/mol. The Morgan fingerprint density at radius 1 is 1.00 bits per heavy atom. The van der Waals surface area contributed by atoms with Gasteiger partial charge in [-0.2, -0.15) is 0 Å². The third-order valence-corrected chi connectivity index (χ3v) is 3.54. The van der Waals surface area contributed by atoms with E-state index in [1.807, 2.05) is 30.3 Å². The molecule has 0 saturated heterocycles. The molecule has 0 aliphatic rings. The molecule has 1 N–H and O–H groups in total. The van der Waals surface area contributed by atoms with E-state index in [4.69, 9.17) is 0 Å². The van der Waals surface area contributed by atoms with Crippen LogP contribution < -0.4 is 4.72 Å². The van der Waals surface area contributed by atoms with Crippen molar-refractivity contribution in [2.45, 2.75) is 11.6 Å². The zero-order valence-electron chi connectivity index (χ0n) is 9.08. The molecular formula is C12H12N2O2S. The van der Waals surface area contributed by atoms with Crippen LogP contribution in [0.2, 0.25) is 0 Å². The Balaban J connectivity index is 2.09. The van der Waals surface area contributed by atoms with Gasteiger partial charge in [-0.05, 0) is 17.7 Å². The highest BCUT2D eigenvalue weighted by molar-refractivity contribution is 7.89. The zero-order chi connectivity index (χ0) is 12.1. The largest absolute Gasteiger partial charge is 0.258 e. The fraction of sp³-hybridized carbons (Fsp3) is 0.0833. The Labute approximate surface area is 100 Å². The molecule has 1 aromatic heterocycles. The molecule has 0 aliphatic carbocycles. The van der Waals surface area contributed by atoms with E-state index in [1.54, 1.807) is 12.1 Å². The van der Waals surface area contributed by atoms with Gasteiger partial charge in [-0.25, -0.2) is 18.1 Å². The number of rotatable bonds is 4. The van der Waals surface area contributed by atoms with Crippen molar-refractivity contribution >= 4 is 10.0 Å². The summed E-state index contributed by atoms with van der Waals surface area (Å²) in [6, 6.07) is 14.1. The molecule has 88 valence electrons. The summed E-state index contributed by atoms with van der Waals surface area (Å²) < 4.78 is 26.2. The predicted octanol–water partition coefficient (Wildman–Crippen LogP) is 1.56. The van der Waals surface area contributed by atoms with Gasteiger partial charge in [0.15, 0.2) is 5.03 Å². The molecule has 17 heavy (non-hydrogen) atoms. The number of nitrogens with one attached hydrogen (secondary N) is 1. The van der Waals surface area contributed by atoms with Gasteiger partial charge >= 0.3 is 0 Å². The summed E-state index contributed by atoms with van der Waals surface area (Å²) >= 11 is 0. The highest BCUT2D eigenvalue weighted by Gasteiger charge is 2.13. The molecule has 0 radical (unpaired) electrons. The summed E-state index contributed by atoms with van der Waals surface area (Å²) in [7, 11) is -3.52. The van der Waals surface area contributed by atoms with Crippen LogP contribution in [-0.4, -0.2) is 13.4 Å². The maximum atomic E-state index is 11.8. The zero-order valence-corrected chi connectivity index (χ0v) is 9.89. The molecule has 0 aliphatic heterocycles. The summed E-state index contributed by atoms with van der Waals surface area (Å²) in [4.78, 5) is 3.81. The number of aromatic nitrogens is 1. The van der Waals surface area contributed by atoms with Gasteiger partial charge in [0.05, 0.1) is 0 Å². The second-order valence-corrected chi connectivity index (χ2v) is 5.19. The molecule has 5 heteroatoms. The van der Waals surface area contributed by atoms with Crippen molar-refractivity contribution in [3.8, 4) is 0 Å². The quantitative estimate of drug-likeness (QED) is 0.893. The standard InChI is InChI=1S/C12H12N2O2S/c15-17(16,12-8-4-5-9-13-12)14-10-11-6-2-1-3-7-11/h1-9,14H,10H2. The van der Waals surface area contributed by atoms with Gasteiger partial charge in [0.25, 0.3) is 10.0 Å². The van der Waals surface area contributed by atoms with Crippen molar-refractivity contribution in [2.24, 2.45) is 0 Å². The molecule has 0 fully saturated rings. The average molecular weight is 248 g/mol. The van der Waals surface area contributed by atoms with E-state index in [0.717, 1.165) is 5.56 Å². The molecule has 1 aromatic carbocycles. The minimum absolute atomic E-state index is 0.0379. The summed E-state index contributed by atoms with van der Waals surface area (Å²) in [6.45, 7) is 0.264. The van der Waals surface area contributed by atoms with E-state index >= 15 is 0 Å². The summed E-state index contributed by atoms with van der Waals surface area (Å²) in [6.07, 6.45) is 1.46. The molecule has 0 atom stereocenters. The Bertz CT molecular complexity index is 568. The molecule has 0 spiro atoms. The van der Waals surface area contributed by atoms with Gasteiger partial charge in [-0.3, -0.25) is 0 Å². The van der Waals surface area contributed by atoms with E-state index in [0.29, 0.717) is 0 Å². The van der Waals surface area contributed by atoms with Crippen molar-refractivity contribution in [1.82, 2.24) is 9.71 Å².